The lowest BCUT2D eigenvalue weighted by molar-refractivity contribution is -0.122. The summed E-state index contributed by atoms with van der Waals surface area (Å²) in [4.78, 5) is 10.0. The minimum absolute atomic E-state index is 0.196. The molecule has 1 amide bonds. The van der Waals surface area contributed by atoms with Crippen LogP contribution in [0.15, 0.2) is 11.2 Å². The number of allylic oxidation sites excluding steroid dienone is 1. The number of amides is 1. The molecule has 0 fully saturated rings. The van der Waals surface area contributed by atoms with Gasteiger partial charge >= 0.3 is 0 Å². The first-order valence-electron chi connectivity index (χ1n) is 2.87. The van der Waals surface area contributed by atoms with Crippen LogP contribution in [0.25, 0.3) is 0 Å². The summed E-state index contributed by atoms with van der Waals surface area (Å²) in [5.74, 6) is -0.196. The molecule has 0 aromatic carbocycles. The fraction of sp³-hybridized carbons (Fsp3) is 0.500. The molecule has 0 saturated carbocycles. The van der Waals surface area contributed by atoms with Crippen molar-refractivity contribution in [1.82, 2.24) is 5.32 Å². The second-order valence-corrected chi connectivity index (χ2v) is 3.76. The van der Waals surface area contributed by atoms with E-state index in [1.807, 2.05) is 0 Å². The first kappa shape index (κ1) is 7.89. The quantitative estimate of drug-likeness (QED) is 0.563. The van der Waals surface area contributed by atoms with Crippen molar-refractivity contribution in [2.75, 3.05) is 0 Å². The van der Waals surface area contributed by atoms with E-state index in [1.165, 1.54) is 6.20 Å². The number of nitrogens with one attached hydrogen (secondary N) is 1. The number of carbonyl (C=O) groups is 1. The van der Waals surface area contributed by atoms with Crippen LogP contribution in [0.2, 0.25) is 0 Å². The summed E-state index contributed by atoms with van der Waals surface area (Å²) >= 11 is 11.4. The maximum absolute atomic E-state index is 10.9. The Labute approximate surface area is 69.2 Å². The van der Waals surface area contributed by atoms with Gasteiger partial charge in [0.15, 0.2) is 0 Å². The van der Waals surface area contributed by atoms with E-state index in [-0.39, 0.29) is 5.91 Å². The molecule has 56 valence electrons. The minimum atomic E-state index is -0.869. The van der Waals surface area contributed by atoms with Crippen LogP contribution in [0.5, 0.6) is 0 Å². The van der Waals surface area contributed by atoms with Gasteiger partial charge in [0, 0.05) is 17.7 Å². The molecule has 0 radical (unpaired) electrons. The Morgan fingerprint density at radius 3 is 2.80 bits per heavy atom. The van der Waals surface area contributed by atoms with Gasteiger partial charge in [-0.15, -0.1) is 11.6 Å². The standard InChI is InChI=1S/C6H7Cl2NO/c1-6(8)2-4(7)3-9-5(6)10/h3H,2H2,1H3,(H,9,10). The molecule has 0 aromatic heterocycles. The fourth-order valence-electron chi connectivity index (χ4n) is 0.743. The second-order valence-electron chi connectivity index (χ2n) is 2.44. The molecule has 2 nitrogen and oxygen atoms in total. The van der Waals surface area contributed by atoms with Crippen molar-refractivity contribution in [2.45, 2.75) is 18.2 Å². The van der Waals surface area contributed by atoms with Gasteiger partial charge in [0.25, 0.3) is 0 Å². The van der Waals surface area contributed by atoms with E-state index < -0.39 is 4.87 Å². The van der Waals surface area contributed by atoms with Crippen LogP contribution in [-0.4, -0.2) is 10.8 Å². The van der Waals surface area contributed by atoms with Crippen molar-refractivity contribution < 1.29 is 4.79 Å². The zero-order chi connectivity index (χ0) is 7.78. The molecule has 0 bridgehead atoms. The Kier molecular flexibility index (Phi) is 1.92. The second kappa shape index (κ2) is 2.44. The molecule has 4 heteroatoms. The average Bonchev–Trinajstić information content (AvgIpc) is 1.78. The molecule has 0 aliphatic carbocycles. The van der Waals surface area contributed by atoms with E-state index in [2.05, 4.69) is 5.32 Å². The van der Waals surface area contributed by atoms with Gasteiger partial charge < -0.3 is 5.32 Å². The molecule has 0 aromatic rings. The van der Waals surface area contributed by atoms with Gasteiger partial charge in [0.2, 0.25) is 5.91 Å². The van der Waals surface area contributed by atoms with Gasteiger partial charge in [-0.3, -0.25) is 4.79 Å². The summed E-state index contributed by atoms with van der Waals surface area (Å²) in [7, 11) is 0. The van der Waals surface area contributed by atoms with Crippen molar-refractivity contribution >= 4 is 29.1 Å². The van der Waals surface area contributed by atoms with Crippen molar-refractivity contribution in [2.24, 2.45) is 0 Å². The lowest BCUT2D eigenvalue weighted by atomic mass is 10.0. The van der Waals surface area contributed by atoms with E-state index in [9.17, 15) is 4.79 Å². The first-order chi connectivity index (χ1) is 4.52. The predicted molar refractivity (Wildman–Crippen MR) is 41.0 cm³/mol. The summed E-state index contributed by atoms with van der Waals surface area (Å²) in [6.45, 7) is 1.64. The first-order valence-corrected chi connectivity index (χ1v) is 3.62. The third-order valence-electron chi connectivity index (χ3n) is 1.33. The molecule has 1 aliphatic heterocycles. The Hall–Kier alpha value is -0.210. The summed E-state index contributed by atoms with van der Waals surface area (Å²) in [6.07, 6.45) is 1.87. The van der Waals surface area contributed by atoms with Gasteiger partial charge in [-0.25, -0.2) is 0 Å². The van der Waals surface area contributed by atoms with Crippen LogP contribution in [0.4, 0.5) is 0 Å². The monoisotopic (exact) mass is 179 g/mol. The van der Waals surface area contributed by atoms with E-state index in [0.717, 1.165) is 0 Å². The van der Waals surface area contributed by atoms with Crippen LogP contribution in [-0.2, 0) is 4.79 Å². The van der Waals surface area contributed by atoms with Crippen LogP contribution in [0.3, 0.4) is 0 Å². The fourth-order valence-corrected chi connectivity index (χ4v) is 1.33. The highest BCUT2D eigenvalue weighted by atomic mass is 35.5. The predicted octanol–water partition coefficient (Wildman–Crippen LogP) is 1.58. The van der Waals surface area contributed by atoms with Crippen molar-refractivity contribution in [3.8, 4) is 0 Å². The Morgan fingerprint density at radius 1 is 1.80 bits per heavy atom. The maximum atomic E-state index is 10.9. The molecule has 0 spiro atoms. The summed E-state index contributed by atoms with van der Waals surface area (Å²) in [5, 5.41) is 3.04. The molecular formula is C6H7Cl2NO. The smallest absolute Gasteiger partial charge is 0.245 e. The normalized spacial score (nSPS) is 33.1. The van der Waals surface area contributed by atoms with E-state index in [1.54, 1.807) is 6.92 Å². The number of hydrogen-bond donors (Lipinski definition) is 1. The maximum Gasteiger partial charge on any atom is 0.245 e. The van der Waals surface area contributed by atoms with Crippen LogP contribution >= 0.6 is 23.2 Å². The molecule has 1 N–H and O–H groups in total. The van der Waals surface area contributed by atoms with Crippen LogP contribution in [0, 0.1) is 0 Å². The molecule has 1 aliphatic rings. The third-order valence-corrected chi connectivity index (χ3v) is 1.88. The molecule has 1 rings (SSSR count). The average molecular weight is 180 g/mol. The molecule has 0 saturated heterocycles. The topological polar surface area (TPSA) is 29.1 Å². The number of hydrogen-bond acceptors (Lipinski definition) is 1. The van der Waals surface area contributed by atoms with Gasteiger partial charge in [0.1, 0.15) is 4.87 Å². The number of rotatable bonds is 0. The van der Waals surface area contributed by atoms with Crippen molar-refractivity contribution in [3.05, 3.63) is 11.2 Å². The van der Waals surface area contributed by atoms with Gasteiger partial charge in [0.05, 0.1) is 0 Å². The molecule has 10 heavy (non-hydrogen) atoms. The number of carbonyl (C=O) groups excluding carboxylic acids is 1. The van der Waals surface area contributed by atoms with Crippen molar-refractivity contribution in [1.29, 1.82) is 0 Å². The van der Waals surface area contributed by atoms with Gasteiger partial charge in [-0.1, -0.05) is 11.6 Å². The number of alkyl halides is 1. The highest BCUT2D eigenvalue weighted by molar-refractivity contribution is 6.38. The van der Waals surface area contributed by atoms with Gasteiger partial charge in [-0.05, 0) is 6.92 Å². The summed E-state index contributed by atoms with van der Waals surface area (Å²) in [6, 6.07) is 0. The number of halogens is 2. The molecule has 1 unspecified atom stereocenters. The molecule has 1 atom stereocenters. The highest BCUT2D eigenvalue weighted by Crippen LogP contribution is 2.28. The van der Waals surface area contributed by atoms with Gasteiger partial charge in [-0.2, -0.15) is 0 Å². The Bertz CT molecular complexity index is 198. The Balaban J connectivity index is 2.82. The SMILES string of the molecule is CC1(Cl)CC(Cl)=CNC1=O. The zero-order valence-corrected chi connectivity index (χ0v) is 6.96. The molecule has 1 heterocycles. The van der Waals surface area contributed by atoms with Crippen molar-refractivity contribution in [3.63, 3.8) is 0 Å². The van der Waals surface area contributed by atoms with Crippen LogP contribution in [0.1, 0.15) is 13.3 Å². The lowest BCUT2D eigenvalue weighted by Gasteiger charge is -2.23. The zero-order valence-electron chi connectivity index (χ0n) is 5.45. The highest BCUT2D eigenvalue weighted by Gasteiger charge is 2.33. The molecular weight excluding hydrogens is 173 g/mol. The minimum Gasteiger partial charge on any atom is -0.330 e. The summed E-state index contributed by atoms with van der Waals surface area (Å²) < 4.78 is 0. The van der Waals surface area contributed by atoms with E-state index in [4.69, 9.17) is 23.2 Å². The largest absolute Gasteiger partial charge is 0.330 e. The lowest BCUT2D eigenvalue weighted by Crippen LogP contribution is -2.40. The Morgan fingerprint density at radius 2 is 2.40 bits per heavy atom. The summed E-state index contributed by atoms with van der Waals surface area (Å²) in [5.41, 5.74) is 0. The van der Waals surface area contributed by atoms with E-state index >= 15 is 0 Å². The third kappa shape index (κ3) is 1.44. The van der Waals surface area contributed by atoms with Crippen LogP contribution < -0.4 is 5.32 Å². The van der Waals surface area contributed by atoms with E-state index in [0.29, 0.717) is 11.5 Å².